The van der Waals surface area contributed by atoms with Crippen molar-refractivity contribution in [2.45, 2.75) is 51.5 Å². The Hall–Kier alpha value is -0.610. The summed E-state index contributed by atoms with van der Waals surface area (Å²) in [6, 6.07) is 0.260. The van der Waals surface area contributed by atoms with Crippen molar-refractivity contribution in [3.8, 4) is 0 Å². The quantitative estimate of drug-likeness (QED) is 0.845. The van der Waals surface area contributed by atoms with Crippen LogP contribution in [-0.2, 0) is 9.53 Å². The van der Waals surface area contributed by atoms with Crippen LogP contribution in [0.1, 0.15) is 45.4 Å². The van der Waals surface area contributed by atoms with Crippen LogP contribution in [0.5, 0.6) is 0 Å². The van der Waals surface area contributed by atoms with E-state index in [1.54, 1.807) is 0 Å². The van der Waals surface area contributed by atoms with Crippen molar-refractivity contribution < 1.29 is 9.53 Å². The minimum absolute atomic E-state index is 0.260. The fraction of sp³-hybridized carbons (Fsp3) is 0.933. The molecule has 0 saturated carbocycles. The van der Waals surface area contributed by atoms with Gasteiger partial charge in [-0.05, 0) is 43.9 Å². The standard InChI is InChI=1S/C15H28N2O2/c1-12-3-2-8-17(14(12)11-16)15(18)5-4-13-6-9-19-10-7-13/h12-14H,2-11,16H2,1H3/t12-,14-/m0/s1. The molecule has 4 heteroatoms. The van der Waals surface area contributed by atoms with Crippen LogP contribution < -0.4 is 5.73 Å². The van der Waals surface area contributed by atoms with Gasteiger partial charge in [0, 0.05) is 38.8 Å². The Bertz CT molecular complexity index is 290. The molecule has 2 aliphatic rings. The fourth-order valence-corrected chi connectivity index (χ4v) is 3.42. The summed E-state index contributed by atoms with van der Waals surface area (Å²) in [5.41, 5.74) is 5.85. The van der Waals surface area contributed by atoms with Crippen molar-refractivity contribution in [2.24, 2.45) is 17.6 Å². The Kier molecular flexibility index (Phi) is 5.64. The Labute approximate surface area is 116 Å². The number of hydrogen-bond acceptors (Lipinski definition) is 3. The average molecular weight is 268 g/mol. The third-order valence-electron chi connectivity index (χ3n) is 4.78. The molecule has 0 unspecified atom stereocenters. The van der Waals surface area contributed by atoms with Gasteiger partial charge in [-0.25, -0.2) is 0 Å². The van der Waals surface area contributed by atoms with Gasteiger partial charge in [-0.3, -0.25) is 4.79 Å². The van der Waals surface area contributed by atoms with Crippen LogP contribution in [0.3, 0.4) is 0 Å². The van der Waals surface area contributed by atoms with E-state index in [1.807, 2.05) is 4.90 Å². The molecule has 0 aromatic carbocycles. The van der Waals surface area contributed by atoms with Gasteiger partial charge < -0.3 is 15.4 Å². The van der Waals surface area contributed by atoms with Crippen molar-refractivity contribution in [3.05, 3.63) is 0 Å². The molecule has 4 nitrogen and oxygen atoms in total. The number of hydrogen-bond donors (Lipinski definition) is 1. The highest BCUT2D eigenvalue weighted by molar-refractivity contribution is 5.76. The molecule has 2 rings (SSSR count). The second-order valence-electron chi connectivity index (χ2n) is 6.10. The molecule has 0 aliphatic carbocycles. The largest absolute Gasteiger partial charge is 0.381 e. The van der Waals surface area contributed by atoms with E-state index in [2.05, 4.69) is 6.92 Å². The molecule has 0 bridgehead atoms. The Morgan fingerprint density at radius 2 is 2.05 bits per heavy atom. The highest BCUT2D eigenvalue weighted by atomic mass is 16.5. The number of rotatable bonds is 4. The molecule has 2 heterocycles. The van der Waals surface area contributed by atoms with Gasteiger partial charge in [-0.2, -0.15) is 0 Å². The average Bonchev–Trinajstić information content (AvgIpc) is 2.45. The highest BCUT2D eigenvalue weighted by Gasteiger charge is 2.30. The highest BCUT2D eigenvalue weighted by Crippen LogP contribution is 2.25. The summed E-state index contributed by atoms with van der Waals surface area (Å²) in [6.45, 7) is 5.45. The lowest BCUT2D eigenvalue weighted by Crippen LogP contribution is -2.51. The molecule has 2 atom stereocenters. The first-order valence-corrected chi connectivity index (χ1v) is 7.79. The maximum Gasteiger partial charge on any atom is 0.222 e. The number of nitrogens with zero attached hydrogens (tertiary/aromatic N) is 1. The summed E-state index contributed by atoms with van der Waals surface area (Å²) in [4.78, 5) is 14.4. The summed E-state index contributed by atoms with van der Waals surface area (Å²) >= 11 is 0. The third-order valence-corrected chi connectivity index (χ3v) is 4.78. The Balaban J connectivity index is 1.80. The molecular weight excluding hydrogens is 240 g/mol. The molecule has 0 aromatic rings. The van der Waals surface area contributed by atoms with E-state index >= 15 is 0 Å². The van der Waals surface area contributed by atoms with Crippen molar-refractivity contribution >= 4 is 5.91 Å². The predicted octanol–water partition coefficient (Wildman–Crippen LogP) is 1.78. The van der Waals surface area contributed by atoms with E-state index in [9.17, 15) is 4.79 Å². The molecule has 2 N–H and O–H groups in total. The minimum Gasteiger partial charge on any atom is -0.381 e. The number of amides is 1. The molecule has 110 valence electrons. The van der Waals surface area contributed by atoms with Crippen LogP contribution in [0.2, 0.25) is 0 Å². The van der Waals surface area contributed by atoms with Gasteiger partial charge in [0.1, 0.15) is 0 Å². The van der Waals surface area contributed by atoms with Gasteiger partial charge in [0.2, 0.25) is 5.91 Å². The van der Waals surface area contributed by atoms with E-state index < -0.39 is 0 Å². The molecule has 19 heavy (non-hydrogen) atoms. The van der Waals surface area contributed by atoms with Gasteiger partial charge in [0.05, 0.1) is 0 Å². The first-order chi connectivity index (χ1) is 9.22. The number of piperidine rings is 1. The molecular formula is C15H28N2O2. The Morgan fingerprint density at radius 1 is 1.32 bits per heavy atom. The van der Waals surface area contributed by atoms with E-state index in [0.29, 0.717) is 30.7 Å². The van der Waals surface area contributed by atoms with Gasteiger partial charge in [0.25, 0.3) is 0 Å². The second kappa shape index (κ2) is 7.25. The SMILES string of the molecule is C[C@H]1CCCN(C(=O)CCC2CCOCC2)[C@H]1CN. The van der Waals surface area contributed by atoms with E-state index in [0.717, 1.165) is 45.4 Å². The maximum atomic E-state index is 12.4. The van der Waals surface area contributed by atoms with Gasteiger partial charge in [-0.1, -0.05) is 6.92 Å². The van der Waals surface area contributed by atoms with E-state index in [4.69, 9.17) is 10.5 Å². The first kappa shape index (κ1) is 14.8. The topological polar surface area (TPSA) is 55.6 Å². The first-order valence-electron chi connectivity index (χ1n) is 7.79. The van der Waals surface area contributed by atoms with E-state index in [-0.39, 0.29) is 6.04 Å². The summed E-state index contributed by atoms with van der Waals surface area (Å²) in [6.07, 6.45) is 6.26. The molecule has 1 amide bonds. The molecule has 0 spiro atoms. The monoisotopic (exact) mass is 268 g/mol. The molecule has 2 fully saturated rings. The summed E-state index contributed by atoms with van der Waals surface area (Å²) in [5, 5.41) is 0. The molecule has 0 aromatic heterocycles. The minimum atomic E-state index is 0.260. The predicted molar refractivity (Wildman–Crippen MR) is 75.7 cm³/mol. The lowest BCUT2D eigenvalue weighted by molar-refractivity contribution is -0.136. The number of carbonyl (C=O) groups is 1. The molecule has 2 saturated heterocycles. The van der Waals surface area contributed by atoms with Gasteiger partial charge in [-0.15, -0.1) is 0 Å². The molecule has 0 radical (unpaired) electrons. The zero-order valence-corrected chi connectivity index (χ0v) is 12.1. The van der Waals surface area contributed by atoms with Crippen LogP contribution in [0.25, 0.3) is 0 Å². The van der Waals surface area contributed by atoms with Crippen molar-refractivity contribution in [2.75, 3.05) is 26.3 Å². The second-order valence-corrected chi connectivity index (χ2v) is 6.10. The smallest absolute Gasteiger partial charge is 0.222 e. The third kappa shape index (κ3) is 3.93. The van der Waals surface area contributed by atoms with Crippen LogP contribution in [0, 0.1) is 11.8 Å². The fourth-order valence-electron chi connectivity index (χ4n) is 3.42. The lowest BCUT2D eigenvalue weighted by atomic mass is 9.89. The molecule has 2 aliphatic heterocycles. The summed E-state index contributed by atoms with van der Waals surface area (Å²) < 4.78 is 5.36. The normalized spacial score (nSPS) is 29.5. The van der Waals surface area contributed by atoms with Crippen LogP contribution >= 0.6 is 0 Å². The number of carbonyl (C=O) groups excluding carboxylic acids is 1. The van der Waals surface area contributed by atoms with Crippen molar-refractivity contribution in [1.82, 2.24) is 4.90 Å². The zero-order chi connectivity index (χ0) is 13.7. The van der Waals surface area contributed by atoms with Crippen molar-refractivity contribution in [1.29, 1.82) is 0 Å². The number of nitrogens with two attached hydrogens (primary N) is 1. The van der Waals surface area contributed by atoms with Crippen LogP contribution in [-0.4, -0.2) is 43.2 Å². The zero-order valence-electron chi connectivity index (χ0n) is 12.1. The van der Waals surface area contributed by atoms with Crippen LogP contribution in [0.15, 0.2) is 0 Å². The Morgan fingerprint density at radius 3 is 2.74 bits per heavy atom. The van der Waals surface area contributed by atoms with E-state index in [1.165, 1.54) is 6.42 Å². The lowest BCUT2D eigenvalue weighted by Gasteiger charge is -2.39. The maximum absolute atomic E-state index is 12.4. The van der Waals surface area contributed by atoms with Crippen LogP contribution in [0.4, 0.5) is 0 Å². The van der Waals surface area contributed by atoms with Gasteiger partial charge in [0.15, 0.2) is 0 Å². The van der Waals surface area contributed by atoms with Crippen molar-refractivity contribution in [3.63, 3.8) is 0 Å². The summed E-state index contributed by atoms with van der Waals surface area (Å²) in [5.74, 6) is 1.54. The van der Waals surface area contributed by atoms with Gasteiger partial charge >= 0.3 is 0 Å². The number of likely N-dealkylation sites (tertiary alicyclic amines) is 1. The number of ether oxygens (including phenoxy) is 1. The summed E-state index contributed by atoms with van der Waals surface area (Å²) in [7, 11) is 0.